The normalized spacial score (nSPS) is 17.6. The number of sulfonamides is 1. The summed E-state index contributed by atoms with van der Waals surface area (Å²) >= 11 is 11.7. The highest BCUT2D eigenvalue weighted by Gasteiger charge is 2.18. The van der Waals surface area contributed by atoms with Crippen LogP contribution in [-0.4, -0.2) is 52.7 Å². The highest BCUT2D eigenvalue weighted by molar-refractivity contribution is 7.89. The van der Waals surface area contributed by atoms with E-state index in [9.17, 15) is 8.42 Å². The second-order valence-electron chi connectivity index (χ2n) is 4.78. The Labute approximate surface area is 135 Å². The molecule has 1 aliphatic heterocycles. The van der Waals surface area contributed by atoms with Gasteiger partial charge < -0.3 is 4.74 Å². The molecule has 1 N–H and O–H groups in total. The molecule has 21 heavy (non-hydrogen) atoms. The third-order valence-corrected chi connectivity index (χ3v) is 5.40. The minimum absolute atomic E-state index is 0.0489. The number of nitrogens with one attached hydrogen (secondary N) is 1. The summed E-state index contributed by atoms with van der Waals surface area (Å²) in [6.07, 6.45) is 0.968. The minimum atomic E-state index is -3.62. The highest BCUT2D eigenvalue weighted by Crippen LogP contribution is 2.24. The molecule has 5 nitrogen and oxygen atoms in total. The highest BCUT2D eigenvalue weighted by atomic mass is 35.5. The Morgan fingerprint density at radius 1 is 1.24 bits per heavy atom. The maximum atomic E-state index is 12.2. The molecule has 0 spiro atoms. The van der Waals surface area contributed by atoms with Gasteiger partial charge >= 0.3 is 0 Å². The summed E-state index contributed by atoms with van der Waals surface area (Å²) in [7, 11) is -3.62. The van der Waals surface area contributed by atoms with Crippen LogP contribution in [0.1, 0.15) is 6.42 Å². The van der Waals surface area contributed by atoms with E-state index in [0.29, 0.717) is 24.7 Å². The van der Waals surface area contributed by atoms with Gasteiger partial charge in [0.2, 0.25) is 10.0 Å². The molecule has 0 atom stereocenters. The zero-order valence-corrected chi connectivity index (χ0v) is 13.8. The fourth-order valence-corrected chi connectivity index (χ4v) is 3.92. The van der Waals surface area contributed by atoms with Crippen molar-refractivity contribution in [2.75, 3.05) is 39.4 Å². The van der Waals surface area contributed by atoms with Crippen molar-refractivity contribution in [2.24, 2.45) is 0 Å². The summed E-state index contributed by atoms with van der Waals surface area (Å²) < 4.78 is 32.3. The minimum Gasteiger partial charge on any atom is -0.380 e. The maximum absolute atomic E-state index is 12.2. The van der Waals surface area contributed by atoms with Crippen molar-refractivity contribution in [3.05, 3.63) is 28.2 Å². The van der Waals surface area contributed by atoms with E-state index in [-0.39, 0.29) is 9.92 Å². The zero-order chi connectivity index (χ0) is 15.3. The SMILES string of the molecule is O=S(=O)(NCCN1CCCOCC1)c1ccc(Cl)cc1Cl. The van der Waals surface area contributed by atoms with Crippen molar-refractivity contribution in [3.63, 3.8) is 0 Å². The number of nitrogens with zero attached hydrogens (tertiary/aromatic N) is 1. The van der Waals surface area contributed by atoms with Crippen LogP contribution in [0, 0.1) is 0 Å². The standard InChI is InChI=1S/C13H18Cl2N2O3S/c14-11-2-3-13(12(15)10-11)21(18,19)16-4-6-17-5-1-8-20-9-7-17/h2-3,10,16H,1,4-9H2. The van der Waals surface area contributed by atoms with E-state index in [0.717, 1.165) is 26.1 Å². The molecule has 8 heteroatoms. The quantitative estimate of drug-likeness (QED) is 0.880. The molecule has 0 aromatic heterocycles. The monoisotopic (exact) mass is 352 g/mol. The lowest BCUT2D eigenvalue weighted by molar-refractivity contribution is 0.142. The van der Waals surface area contributed by atoms with E-state index >= 15 is 0 Å². The third-order valence-electron chi connectivity index (χ3n) is 3.22. The number of hydrogen-bond donors (Lipinski definition) is 1. The van der Waals surface area contributed by atoms with Gasteiger partial charge in [0.1, 0.15) is 4.90 Å². The summed E-state index contributed by atoms with van der Waals surface area (Å²) in [5, 5.41) is 0.529. The van der Waals surface area contributed by atoms with Crippen molar-refractivity contribution in [3.8, 4) is 0 Å². The number of halogens is 2. The van der Waals surface area contributed by atoms with Gasteiger partial charge in [-0.2, -0.15) is 0 Å². The molecule has 0 radical (unpaired) electrons. The largest absolute Gasteiger partial charge is 0.380 e. The summed E-state index contributed by atoms with van der Waals surface area (Å²) in [6.45, 7) is 4.18. The van der Waals surface area contributed by atoms with Gasteiger partial charge in [0.05, 0.1) is 11.6 Å². The molecule has 1 aromatic carbocycles. The second kappa shape index (κ2) is 7.76. The van der Waals surface area contributed by atoms with Gasteiger partial charge in [0, 0.05) is 37.8 Å². The molecule has 2 rings (SSSR count). The predicted octanol–water partition coefficient (Wildman–Crippen LogP) is 1.99. The van der Waals surface area contributed by atoms with Crippen molar-refractivity contribution in [1.82, 2.24) is 9.62 Å². The smallest absolute Gasteiger partial charge is 0.242 e. The fraction of sp³-hybridized carbons (Fsp3) is 0.538. The Morgan fingerprint density at radius 2 is 2.05 bits per heavy atom. The van der Waals surface area contributed by atoms with Crippen LogP contribution in [-0.2, 0) is 14.8 Å². The Kier molecular flexibility index (Phi) is 6.28. The molecule has 0 unspecified atom stereocenters. The summed E-state index contributed by atoms with van der Waals surface area (Å²) in [4.78, 5) is 2.23. The molecule has 0 bridgehead atoms. The van der Waals surface area contributed by atoms with Gasteiger partial charge in [-0.1, -0.05) is 23.2 Å². The van der Waals surface area contributed by atoms with Crippen molar-refractivity contribution >= 4 is 33.2 Å². The van der Waals surface area contributed by atoms with Crippen molar-refractivity contribution < 1.29 is 13.2 Å². The Morgan fingerprint density at radius 3 is 2.81 bits per heavy atom. The number of hydrogen-bond acceptors (Lipinski definition) is 4. The van der Waals surface area contributed by atoms with Crippen molar-refractivity contribution in [2.45, 2.75) is 11.3 Å². The zero-order valence-electron chi connectivity index (χ0n) is 11.5. The number of rotatable bonds is 5. The van der Waals surface area contributed by atoms with E-state index in [4.69, 9.17) is 27.9 Å². The second-order valence-corrected chi connectivity index (χ2v) is 7.36. The Balaban J connectivity index is 1.91. The van der Waals surface area contributed by atoms with E-state index in [2.05, 4.69) is 9.62 Å². The molecular weight excluding hydrogens is 335 g/mol. The van der Waals surface area contributed by atoms with Crippen LogP contribution >= 0.6 is 23.2 Å². The number of ether oxygens (including phenoxy) is 1. The van der Waals surface area contributed by atoms with Crippen LogP contribution in [0.5, 0.6) is 0 Å². The van der Waals surface area contributed by atoms with Gasteiger partial charge in [0.25, 0.3) is 0 Å². The topological polar surface area (TPSA) is 58.6 Å². The van der Waals surface area contributed by atoms with Gasteiger partial charge in [-0.3, -0.25) is 4.90 Å². The first-order chi connectivity index (χ1) is 9.99. The van der Waals surface area contributed by atoms with E-state index in [1.807, 2.05) is 0 Å². The Hall–Kier alpha value is -0.370. The van der Waals surface area contributed by atoms with Crippen LogP contribution in [0.2, 0.25) is 10.0 Å². The molecule has 1 fully saturated rings. The first-order valence-corrected chi connectivity index (χ1v) is 8.98. The fourth-order valence-electron chi connectivity index (χ4n) is 2.13. The van der Waals surface area contributed by atoms with Gasteiger partial charge in [0.15, 0.2) is 0 Å². The van der Waals surface area contributed by atoms with Crippen molar-refractivity contribution in [1.29, 1.82) is 0 Å². The molecule has 0 saturated carbocycles. The first-order valence-electron chi connectivity index (χ1n) is 6.74. The first kappa shape index (κ1) is 17.0. The molecule has 1 aromatic rings. The lowest BCUT2D eigenvalue weighted by Gasteiger charge is -2.19. The van der Waals surface area contributed by atoms with E-state index in [1.165, 1.54) is 18.2 Å². The third kappa shape index (κ3) is 5.09. The predicted molar refractivity (Wildman–Crippen MR) is 83.5 cm³/mol. The average molecular weight is 353 g/mol. The molecule has 0 amide bonds. The number of benzene rings is 1. The molecule has 1 aliphatic rings. The lowest BCUT2D eigenvalue weighted by Crippen LogP contribution is -2.36. The van der Waals surface area contributed by atoms with E-state index < -0.39 is 10.0 Å². The van der Waals surface area contributed by atoms with Gasteiger partial charge in [-0.15, -0.1) is 0 Å². The molecule has 1 heterocycles. The summed E-state index contributed by atoms with van der Waals surface area (Å²) in [5.74, 6) is 0. The van der Waals surface area contributed by atoms with Gasteiger partial charge in [-0.25, -0.2) is 13.1 Å². The molecule has 1 saturated heterocycles. The Bertz CT molecular complexity index is 573. The summed E-state index contributed by atoms with van der Waals surface area (Å²) in [5.41, 5.74) is 0. The summed E-state index contributed by atoms with van der Waals surface area (Å²) in [6, 6.07) is 4.34. The van der Waals surface area contributed by atoms with Gasteiger partial charge in [-0.05, 0) is 24.6 Å². The van der Waals surface area contributed by atoms with Crippen LogP contribution < -0.4 is 4.72 Å². The lowest BCUT2D eigenvalue weighted by atomic mass is 10.4. The molecular formula is C13H18Cl2N2O3S. The molecule has 118 valence electrons. The van der Waals surface area contributed by atoms with Crippen LogP contribution in [0.25, 0.3) is 0 Å². The maximum Gasteiger partial charge on any atom is 0.242 e. The average Bonchev–Trinajstić information content (AvgIpc) is 2.66. The van der Waals surface area contributed by atoms with Crippen LogP contribution in [0.3, 0.4) is 0 Å². The van der Waals surface area contributed by atoms with E-state index in [1.54, 1.807) is 0 Å². The molecule has 0 aliphatic carbocycles. The van der Waals surface area contributed by atoms with Crippen LogP contribution in [0.4, 0.5) is 0 Å². The van der Waals surface area contributed by atoms with Crippen LogP contribution in [0.15, 0.2) is 23.1 Å².